The van der Waals surface area contributed by atoms with Gasteiger partial charge in [-0.3, -0.25) is 0 Å². The first-order valence-electron chi connectivity index (χ1n) is 11.3. The van der Waals surface area contributed by atoms with E-state index in [0.717, 1.165) is 44.0 Å². The standard InChI is InChI=1S/C30H18ClNOS2/c31-19-16-24(30-29(17-19)34-27-12-6-7-13-28(27)35-30)32(20-8-2-1-3-9-20)21-14-15-26-23(18-21)22-10-4-5-11-25(22)33-26/h1-18H. The van der Waals surface area contributed by atoms with E-state index in [1.165, 1.54) is 19.6 Å². The van der Waals surface area contributed by atoms with Crippen molar-refractivity contribution in [1.82, 2.24) is 0 Å². The van der Waals surface area contributed by atoms with Crippen LogP contribution in [0.4, 0.5) is 17.1 Å². The number of rotatable bonds is 3. The Morgan fingerprint density at radius 3 is 2.14 bits per heavy atom. The molecule has 0 bridgehead atoms. The molecule has 168 valence electrons. The highest BCUT2D eigenvalue weighted by Gasteiger charge is 2.25. The quantitative estimate of drug-likeness (QED) is 0.236. The summed E-state index contributed by atoms with van der Waals surface area (Å²) in [5, 5.41) is 2.94. The Bertz CT molecular complexity index is 1730. The molecule has 0 N–H and O–H groups in total. The summed E-state index contributed by atoms with van der Waals surface area (Å²) in [6.45, 7) is 0. The van der Waals surface area contributed by atoms with Crippen LogP contribution in [-0.4, -0.2) is 0 Å². The minimum atomic E-state index is 0.724. The van der Waals surface area contributed by atoms with Crippen LogP contribution in [0.15, 0.2) is 133 Å². The largest absolute Gasteiger partial charge is 0.456 e. The van der Waals surface area contributed by atoms with Gasteiger partial charge in [0, 0.05) is 41.9 Å². The molecule has 35 heavy (non-hydrogen) atoms. The number of furan rings is 1. The highest BCUT2D eigenvalue weighted by atomic mass is 35.5. The van der Waals surface area contributed by atoms with Gasteiger partial charge in [0.1, 0.15) is 11.2 Å². The van der Waals surface area contributed by atoms with Crippen LogP contribution in [0.3, 0.4) is 0 Å². The molecule has 0 amide bonds. The second kappa shape index (κ2) is 8.42. The lowest BCUT2D eigenvalue weighted by molar-refractivity contribution is 0.669. The van der Waals surface area contributed by atoms with E-state index in [1.807, 2.05) is 18.2 Å². The van der Waals surface area contributed by atoms with Crippen molar-refractivity contribution in [3.05, 3.63) is 114 Å². The maximum atomic E-state index is 6.72. The zero-order valence-corrected chi connectivity index (χ0v) is 20.8. The topological polar surface area (TPSA) is 16.4 Å². The van der Waals surface area contributed by atoms with Crippen LogP contribution in [-0.2, 0) is 0 Å². The van der Waals surface area contributed by atoms with Gasteiger partial charge < -0.3 is 9.32 Å². The number of para-hydroxylation sites is 2. The summed E-state index contributed by atoms with van der Waals surface area (Å²) in [5.74, 6) is 0. The predicted molar refractivity (Wildman–Crippen MR) is 148 cm³/mol. The lowest BCUT2D eigenvalue weighted by atomic mass is 10.1. The van der Waals surface area contributed by atoms with E-state index in [9.17, 15) is 0 Å². The molecule has 1 aliphatic rings. The van der Waals surface area contributed by atoms with Gasteiger partial charge in [0.25, 0.3) is 0 Å². The van der Waals surface area contributed by atoms with Crippen LogP contribution in [0.1, 0.15) is 0 Å². The molecule has 1 aliphatic heterocycles. The summed E-state index contributed by atoms with van der Waals surface area (Å²) in [7, 11) is 0. The number of nitrogens with zero attached hydrogens (tertiary/aromatic N) is 1. The molecule has 0 atom stereocenters. The minimum absolute atomic E-state index is 0.724. The highest BCUT2D eigenvalue weighted by Crippen LogP contribution is 2.54. The van der Waals surface area contributed by atoms with Gasteiger partial charge in [-0.2, -0.15) is 0 Å². The van der Waals surface area contributed by atoms with Gasteiger partial charge in [0.15, 0.2) is 0 Å². The molecule has 7 rings (SSSR count). The molecule has 5 heteroatoms. The van der Waals surface area contributed by atoms with Crippen LogP contribution in [0.2, 0.25) is 5.02 Å². The summed E-state index contributed by atoms with van der Waals surface area (Å²) in [5.41, 5.74) is 4.99. The second-order valence-electron chi connectivity index (χ2n) is 8.35. The van der Waals surface area contributed by atoms with Gasteiger partial charge in [0.05, 0.1) is 10.6 Å². The first kappa shape index (κ1) is 21.0. The van der Waals surface area contributed by atoms with Crippen LogP contribution in [0.5, 0.6) is 0 Å². The summed E-state index contributed by atoms with van der Waals surface area (Å²) in [6.07, 6.45) is 0. The highest BCUT2D eigenvalue weighted by molar-refractivity contribution is 8.05. The number of fused-ring (bicyclic) bond motifs is 5. The lowest BCUT2D eigenvalue weighted by Gasteiger charge is -2.30. The third-order valence-electron chi connectivity index (χ3n) is 6.15. The Balaban J connectivity index is 1.47. The van der Waals surface area contributed by atoms with E-state index in [2.05, 4.69) is 95.9 Å². The van der Waals surface area contributed by atoms with Gasteiger partial charge in [-0.15, -0.1) is 0 Å². The molecule has 0 aliphatic carbocycles. The van der Waals surface area contributed by atoms with Crippen molar-refractivity contribution in [2.24, 2.45) is 0 Å². The van der Waals surface area contributed by atoms with Crippen LogP contribution in [0.25, 0.3) is 21.9 Å². The van der Waals surface area contributed by atoms with Crippen molar-refractivity contribution in [3.8, 4) is 0 Å². The van der Waals surface area contributed by atoms with E-state index in [-0.39, 0.29) is 0 Å². The first-order chi connectivity index (χ1) is 17.2. The Hall–Kier alpha value is -3.31. The van der Waals surface area contributed by atoms with Crippen LogP contribution in [0, 0.1) is 0 Å². The van der Waals surface area contributed by atoms with E-state index in [1.54, 1.807) is 23.5 Å². The van der Waals surface area contributed by atoms with E-state index >= 15 is 0 Å². The molecule has 0 radical (unpaired) electrons. The Kier molecular flexibility index (Phi) is 5.05. The summed E-state index contributed by atoms with van der Waals surface area (Å²) >= 11 is 10.3. The van der Waals surface area contributed by atoms with Crippen molar-refractivity contribution in [3.63, 3.8) is 0 Å². The number of benzene rings is 5. The third-order valence-corrected chi connectivity index (χ3v) is 8.96. The van der Waals surface area contributed by atoms with Gasteiger partial charge in [-0.1, -0.05) is 83.7 Å². The van der Waals surface area contributed by atoms with Gasteiger partial charge in [0.2, 0.25) is 0 Å². The van der Waals surface area contributed by atoms with E-state index < -0.39 is 0 Å². The zero-order valence-electron chi connectivity index (χ0n) is 18.4. The Labute approximate surface area is 216 Å². The Morgan fingerprint density at radius 2 is 1.29 bits per heavy atom. The molecule has 0 spiro atoms. The predicted octanol–water partition coefficient (Wildman–Crippen LogP) is 10.3. The van der Waals surface area contributed by atoms with Gasteiger partial charge in [-0.05, 0) is 60.7 Å². The average molecular weight is 508 g/mol. The summed E-state index contributed by atoms with van der Waals surface area (Å²) < 4.78 is 6.10. The van der Waals surface area contributed by atoms with Crippen molar-refractivity contribution in [2.45, 2.75) is 19.6 Å². The van der Waals surface area contributed by atoms with E-state index in [0.29, 0.717) is 0 Å². The van der Waals surface area contributed by atoms with Gasteiger partial charge >= 0.3 is 0 Å². The van der Waals surface area contributed by atoms with Crippen molar-refractivity contribution >= 4 is 74.1 Å². The molecular formula is C30H18ClNOS2. The Morgan fingerprint density at radius 1 is 0.571 bits per heavy atom. The smallest absolute Gasteiger partial charge is 0.135 e. The van der Waals surface area contributed by atoms with E-state index in [4.69, 9.17) is 16.0 Å². The fourth-order valence-corrected chi connectivity index (χ4v) is 7.27. The van der Waals surface area contributed by atoms with Crippen molar-refractivity contribution in [1.29, 1.82) is 0 Å². The molecular weight excluding hydrogens is 490 g/mol. The van der Waals surface area contributed by atoms with Gasteiger partial charge in [-0.25, -0.2) is 0 Å². The molecule has 0 fully saturated rings. The molecule has 5 aromatic carbocycles. The molecule has 2 nitrogen and oxygen atoms in total. The third kappa shape index (κ3) is 3.61. The normalized spacial score (nSPS) is 12.5. The maximum Gasteiger partial charge on any atom is 0.135 e. The monoisotopic (exact) mass is 507 g/mol. The van der Waals surface area contributed by atoms with Crippen molar-refractivity contribution < 1.29 is 4.42 Å². The first-order valence-corrected chi connectivity index (χ1v) is 13.3. The molecule has 2 heterocycles. The molecule has 0 saturated carbocycles. The fourth-order valence-electron chi connectivity index (χ4n) is 4.60. The molecule has 0 unspecified atom stereocenters. The maximum absolute atomic E-state index is 6.72. The molecule has 0 saturated heterocycles. The lowest BCUT2D eigenvalue weighted by Crippen LogP contribution is -2.12. The second-order valence-corrected chi connectivity index (χ2v) is 10.9. The zero-order chi connectivity index (χ0) is 23.4. The summed E-state index contributed by atoms with van der Waals surface area (Å²) in [6, 6.07) is 37.8. The summed E-state index contributed by atoms with van der Waals surface area (Å²) in [4.78, 5) is 7.20. The average Bonchev–Trinajstić information content (AvgIpc) is 3.26. The number of halogens is 1. The van der Waals surface area contributed by atoms with Crippen LogP contribution >= 0.6 is 35.1 Å². The fraction of sp³-hybridized carbons (Fsp3) is 0. The van der Waals surface area contributed by atoms with Crippen molar-refractivity contribution in [2.75, 3.05) is 4.90 Å². The SMILES string of the molecule is Clc1cc2c(c(N(c3ccccc3)c3ccc4oc5ccccc5c4c3)c1)Sc1ccccc1S2. The minimum Gasteiger partial charge on any atom is -0.456 e. The molecule has 1 aromatic heterocycles. The molecule has 6 aromatic rings. The number of hydrogen-bond donors (Lipinski definition) is 0. The number of anilines is 3. The number of hydrogen-bond acceptors (Lipinski definition) is 4. The van der Waals surface area contributed by atoms with Crippen LogP contribution < -0.4 is 4.90 Å².